The normalized spacial score (nSPS) is 15.6. The van der Waals surface area contributed by atoms with Gasteiger partial charge in [-0.3, -0.25) is 4.98 Å². The fourth-order valence-electron chi connectivity index (χ4n) is 5.65. The highest BCUT2D eigenvalue weighted by molar-refractivity contribution is 6.34. The van der Waals surface area contributed by atoms with E-state index in [4.69, 9.17) is 21.3 Å². The highest BCUT2D eigenvalue weighted by atomic mass is 35.5. The number of benzene rings is 1. The third kappa shape index (κ3) is 6.16. The number of halogens is 2. The van der Waals surface area contributed by atoms with Crippen LogP contribution in [0.25, 0.3) is 34.1 Å². The Bertz CT molecular complexity index is 1870. The van der Waals surface area contributed by atoms with Crippen LogP contribution in [0.5, 0.6) is 0 Å². The molecule has 0 aliphatic carbocycles. The fourth-order valence-corrected chi connectivity index (χ4v) is 5.91. The summed E-state index contributed by atoms with van der Waals surface area (Å²) >= 11 is 6.86. The van der Waals surface area contributed by atoms with Crippen LogP contribution in [0.1, 0.15) is 64.3 Å². The van der Waals surface area contributed by atoms with Crippen molar-refractivity contribution in [2.45, 2.75) is 66.0 Å². The first-order valence-corrected chi connectivity index (χ1v) is 15.3. The third-order valence-electron chi connectivity index (χ3n) is 7.78. The number of amides is 1. The Hall–Kier alpha value is -4.31. The number of hydrogen-bond acceptors (Lipinski definition) is 7. The molecule has 1 fully saturated rings. The molecule has 4 aromatic rings. The van der Waals surface area contributed by atoms with Gasteiger partial charge in [0.05, 0.1) is 27.5 Å². The van der Waals surface area contributed by atoms with E-state index in [9.17, 15) is 9.59 Å². The number of piperazine rings is 1. The lowest BCUT2D eigenvalue weighted by Gasteiger charge is -2.41. The Kier molecular flexibility index (Phi) is 8.72. The minimum absolute atomic E-state index is 0.0176. The molecule has 0 unspecified atom stereocenters. The molecule has 9 nitrogen and oxygen atoms in total. The Morgan fingerprint density at radius 3 is 2.58 bits per heavy atom. The number of aryl methyl sites for hydroxylation is 1. The summed E-state index contributed by atoms with van der Waals surface area (Å²) in [6, 6.07) is 8.21. The topological polar surface area (TPSA) is 93.5 Å². The summed E-state index contributed by atoms with van der Waals surface area (Å²) in [5.74, 6) is -0.149. The summed E-state index contributed by atoms with van der Waals surface area (Å²) in [5, 5.41) is 0.710. The van der Waals surface area contributed by atoms with Crippen LogP contribution >= 0.6 is 11.6 Å². The minimum Gasteiger partial charge on any atom is -0.444 e. The van der Waals surface area contributed by atoms with E-state index < -0.39 is 23.2 Å². The molecule has 0 bridgehead atoms. The SMILES string of the molecule is C=Cc1cccc(-c2nc3c(cc2Cl)c(N2CCN(C(=O)OC(C)(C)C)C[C@@H]2C)nc(=O)n3-c2c(C)ccnc2C(C)C)c1F. The standard InChI is InChI=1S/C34H38ClFN6O3/c1-9-22-11-10-12-23(26(22)36)28-25(35)17-24-30(41-16-15-40(18-21(41)5)33(44)45-34(6,7)8)39-32(43)42(31(24)38-28)29-20(4)13-14-37-27(29)19(2)3/h9-14,17,19,21H,1,15-16,18H2,2-8H3/t21-/m0/s1. The number of fused-ring (bicyclic) bond motifs is 1. The molecular weight excluding hydrogens is 595 g/mol. The van der Waals surface area contributed by atoms with Gasteiger partial charge >= 0.3 is 11.8 Å². The van der Waals surface area contributed by atoms with Crippen molar-refractivity contribution in [2.75, 3.05) is 24.5 Å². The Balaban J connectivity index is 1.74. The van der Waals surface area contributed by atoms with Crippen LogP contribution in [-0.4, -0.2) is 61.8 Å². The van der Waals surface area contributed by atoms with E-state index in [0.717, 1.165) is 5.56 Å². The molecular formula is C34H38ClFN6O3. The van der Waals surface area contributed by atoms with Crippen molar-refractivity contribution in [1.82, 2.24) is 24.4 Å². The van der Waals surface area contributed by atoms with Crippen LogP contribution in [0.2, 0.25) is 5.02 Å². The maximum atomic E-state index is 15.6. The molecule has 1 atom stereocenters. The van der Waals surface area contributed by atoms with Crippen LogP contribution in [0, 0.1) is 12.7 Å². The molecule has 0 spiro atoms. The monoisotopic (exact) mass is 632 g/mol. The second kappa shape index (κ2) is 12.2. The molecule has 236 valence electrons. The lowest BCUT2D eigenvalue weighted by Crippen LogP contribution is -2.55. The quantitative estimate of drug-likeness (QED) is 0.231. The van der Waals surface area contributed by atoms with Crippen molar-refractivity contribution in [3.8, 4) is 16.9 Å². The van der Waals surface area contributed by atoms with Crippen molar-refractivity contribution in [3.05, 3.63) is 81.3 Å². The van der Waals surface area contributed by atoms with Gasteiger partial charge in [0, 0.05) is 43.0 Å². The number of ether oxygens (including phenoxy) is 1. The molecule has 1 amide bonds. The molecule has 1 aliphatic rings. The maximum absolute atomic E-state index is 15.6. The zero-order valence-corrected chi connectivity index (χ0v) is 27.4. The summed E-state index contributed by atoms with van der Waals surface area (Å²) in [4.78, 5) is 44.7. The van der Waals surface area contributed by atoms with E-state index in [1.165, 1.54) is 10.6 Å². The molecule has 0 saturated carbocycles. The van der Waals surface area contributed by atoms with E-state index in [1.807, 2.05) is 59.4 Å². The molecule has 1 aliphatic heterocycles. The number of carbonyl (C=O) groups excluding carboxylic acids is 1. The Morgan fingerprint density at radius 1 is 1.20 bits per heavy atom. The Labute approximate surface area is 267 Å². The molecule has 45 heavy (non-hydrogen) atoms. The van der Waals surface area contributed by atoms with Gasteiger partial charge in [0.15, 0.2) is 5.65 Å². The van der Waals surface area contributed by atoms with Crippen molar-refractivity contribution in [1.29, 1.82) is 0 Å². The molecule has 5 rings (SSSR count). The third-order valence-corrected chi connectivity index (χ3v) is 8.07. The minimum atomic E-state index is -0.621. The number of nitrogens with zero attached hydrogens (tertiary/aromatic N) is 6. The van der Waals surface area contributed by atoms with E-state index in [0.29, 0.717) is 47.8 Å². The molecule has 0 N–H and O–H groups in total. The summed E-state index contributed by atoms with van der Waals surface area (Å²) in [7, 11) is 0. The molecule has 11 heteroatoms. The van der Waals surface area contributed by atoms with E-state index in [-0.39, 0.29) is 33.9 Å². The number of aromatic nitrogens is 4. The van der Waals surface area contributed by atoms with Crippen LogP contribution in [-0.2, 0) is 4.74 Å². The average Bonchev–Trinajstić information content (AvgIpc) is 2.96. The average molecular weight is 633 g/mol. The van der Waals surface area contributed by atoms with Crippen LogP contribution in [0.4, 0.5) is 15.0 Å². The lowest BCUT2D eigenvalue weighted by atomic mass is 10.0. The van der Waals surface area contributed by atoms with Crippen LogP contribution in [0.3, 0.4) is 0 Å². The van der Waals surface area contributed by atoms with Gasteiger partial charge in [0.1, 0.15) is 17.2 Å². The van der Waals surface area contributed by atoms with Crippen molar-refractivity contribution >= 4 is 40.6 Å². The van der Waals surface area contributed by atoms with E-state index in [2.05, 4.69) is 16.5 Å². The molecule has 4 heterocycles. The van der Waals surface area contributed by atoms with Gasteiger partial charge in [0.2, 0.25) is 0 Å². The molecule has 1 aromatic carbocycles. The maximum Gasteiger partial charge on any atom is 0.410 e. The first kappa shape index (κ1) is 32.1. The highest BCUT2D eigenvalue weighted by Gasteiger charge is 2.33. The van der Waals surface area contributed by atoms with Gasteiger partial charge in [-0.1, -0.05) is 50.2 Å². The first-order valence-electron chi connectivity index (χ1n) is 15.0. The predicted molar refractivity (Wildman–Crippen MR) is 177 cm³/mol. The van der Waals surface area contributed by atoms with Crippen molar-refractivity contribution in [2.24, 2.45) is 0 Å². The second-order valence-electron chi connectivity index (χ2n) is 12.6. The van der Waals surface area contributed by atoms with E-state index >= 15 is 4.39 Å². The van der Waals surface area contributed by atoms with Crippen molar-refractivity contribution < 1.29 is 13.9 Å². The van der Waals surface area contributed by atoms with Crippen LogP contribution in [0.15, 0.2) is 47.9 Å². The number of hydrogen-bond donors (Lipinski definition) is 0. The smallest absolute Gasteiger partial charge is 0.410 e. The van der Waals surface area contributed by atoms with Crippen molar-refractivity contribution in [3.63, 3.8) is 0 Å². The van der Waals surface area contributed by atoms with Gasteiger partial charge in [-0.15, -0.1) is 0 Å². The van der Waals surface area contributed by atoms with Gasteiger partial charge in [-0.05, 0) is 64.3 Å². The number of rotatable bonds is 5. The summed E-state index contributed by atoms with van der Waals surface area (Å²) in [6.45, 7) is 18.2. The van der Waals surface area contributed by atoms with E-state index in [1.54, 1.807) is 35.4 Å². The number of carbonyl (C=O) groups is 1. The zero-order valence-electron chi connectivity index (χ0n) is 26.7. The van der Waals surface area contributed by atoms with Crippen LogP contribution < -0.4 is 10.6 Å². The van der Waals surface area contributed by atoms with Gasteiger partial charge in [0.25, 0.3) is 0 Å². The first-order chi connectivity index (χ1) is 21.2. The summed E-state index contributed by atoms with van der Waals surface area (Å²) < 4.78 is 22.6. The molecule has 3 aromatic heterocycles. The fraction of sp³-hybridized carbons (Fsp3) is 0.382. The summed E-state index contributed by atoms with van der Waals surface area (Å²) in [6.07, 6.45) is 2.74. The number of pyridine rings is 2. The van der Waals surface area contributed by atoms with Gasteiger partial charge < -0.3 is 14.5 Å². The molecule has 1 saturated heterocycles. The summed E-state index contributed by atoms with van der Waals surface area (Å²) in [5.41, 5.74) is 1.85. The van der Waals surface area contributed by atoms with Gasteiger partial charge in [-0.25, -0.2) is 23.5 Å². The highest BCUT2D eigenvalue weighted by Crippen LogP contribution is 2.37. The predicted octanol–water partition coefficient (Wildman–Crippen LogP) is 7.16. The molecule has 0 radical (unpaired) electrons. The second-order valence-corrected chi connectivity index (χ2v) is 13.0. The lowest BCUT2D eigenvalue weighted by molar-refractivity contribution is 0.0218. The largest absolute Gasteiger partial charge is 0.444 e. The zero-order chi connectivity index (χ0) is 32.8. The van der Waals surface area contributed by atoms with Gasteiger partial charge in [-0.2, -0.15) is 4.98 Å². The number of anilines is 1. The Morgan fingerprint density at radius 2 is 1.93 bits per heavy atom.